The second-order valence-corrected chi connectivity index (χ2v) is 12.7. The number of aromatic nitrogens is 6. The maximum atomic E-state index is 13.9. The number of carboxylic acid groups (broad SMARTS) is 1. The molecule has 3 atom stereocenters. The van der Waals surface area contributed by atoms with Crippen molar-refractivity contribution in [3.05, 3.63) is 81.3 Å². The molecule has 0 spiro atoms. The fraction of sp³-hybridized carbons (Fsp3) is 0.222. The molecule has 18 nitrogen and oxygen atoms in total. The van der Waals surface area contributed by atoms with E-state index in [-0.39, 0.29) is 34.6 Å². The van der Waals surface area contributed by atoms with Crippen molar-refractivity contribution in [1.29, 1.82) is 0 Å². The van der Waals surface area contributed by atoms with Crippen molar-refractivity contribution < 1.29 is 28.7 Å². The van der Waals surface area contributed by atoms with Crippen LogP contribution in [0.2, 0.25) is 5.02 Å². The molecular formula is C27H24ClN11O7S2. The minimum absolute atomic E-state index is 0.0253. The molecular weight excluding hydrogens is 690 g/mol. The Morgan fingerprint density at radius 1 is 1.27 bits per heavy atom. The summed E-state index contributed by atoms with van der Waals surface area (Å²) in [5, 5.41) is 26.9. The Morgan fingerprint density at radius 3 is 2.67 bits per heavy atom. The van der Waals surface area contributed by atoms with Crippen molar-refractivity contribution in [3.63, 3.8) is 0 Å². The van der Waals surface area contributed by atoms with Crippen LogP contribution in [0.1, 0.15) is 11.8 Å². The number of thioether (sulfide) groups is 2. The first-order valence-electron chi connectivity index (χ1n) is 13.8. The molecule has 248 valence electrons. The van der Waals surface area contributed by atoms with Gasteiger partial charge in [-0.05, 0) is 52.4 Å². The second kappa shape index (κ2) is 13.4. The zero-order valence-corrected chi connectivity index (χ0v) is 27.0. The molecule has 6 rings (SSSR count). The van der Waals surface area contributed by atoms with Gasteiger partial charge in [-0.2, -0.15) is 0 Å². The van der Waals surface area contributed by atoms with E-state index in [4.69, 9.17) is 21.8 Å². The largest absolute Gasteiger partial charge is 0.477 e. The van der Waals surface area contributed by atoms with Crippen molar-refractivity contribution in [2.45, 2.75) is 22.6 Å². The second-order valence-electron chi connectivity index (χ2n) is 10.2. The number of aromatic amines is 1. The zero-order valence-electron chi connectivity index (χ0n) is 24.6. The topological polar surface area (TPSA) is 248 Å². The lowest BCUT2D eigenvalue weighted by atomic mass is 10.0. The highest BCUT2D eigenvalue weighted by Gasteiger charge is 2.55. The third kappa shape index (κ3) is 6.31. The molecule has 0 radical (unpaired) electrons. The molecule has 4 amide bonds. The minimum Gasteiger partial charge on any atom is -0.477 e. The van der Waals surface area contributed by atoms with E-state index in [0.717, 1.165) is 11.1 Å². The van der Waals surface area contributed by atoms with E-state index in [1.165, 1.54) is 46.6 Å². The molecule has 2 unspecified atom stereocenters. The van der Waals surface area contributed by atoms with Crippen LogP contribution in [0.3, 0.4) is 0 Å². The number of amides is 4. The normalized spacial score (nSPS) is 17.7. The number of aryl methyl sites for hydroxylation is 1. The summed E-state index contributed by atoms with van der Waals surface area (Å²) in [5.74, 6) is -2.49. The Bertz CT molecular complexity index is 1980. The van der Waals surface area contributed by atoms with Gasteiger partial charge in [0.25, 0.3) is 17.4 Å². The van der Waals surface area contributed by atoms with Gasteiger partial charge in [-0.15, -0.1) is 16.9 Å². The molecule has 2 aliphatic heterocycles. The Morgan fingerprint density at radius 2 is 2.04 bits per heavy atom. The van der Waals surface area contributed by atoms with E-state index in [9.17, 15) is 29.1 Å². The van der Waals surface area contributed by atoms with Crippen molar-refractivity contribution in [1.82, 2.24) is 40.4 Å². The lowest BCUT2D eigenvalue weighted by Crippen LogP contribution is -2.71. The number of carbonyl (C=O) groups is 4. The Hall–Kier alpha value is -5.34. The van der Waals surface area contributed by atoms with Crippen molar-refractivity contribution in [2.75, 3.05) is 21.7 Å². The molecule has 48 heavy (non-hydrogen) atoms. The lowest BCUT2D eigenvalue weighted by molar-refractivity contribution is -0.150. The van der Waals surface area contributed by atoms with Crippen LogP contribution in [-0.2, 0) is 21.4 Å². The number of primary amides is 1. The summed E-state index contributed by atoms with van der Waals surface area (Å²) in [7, 11) is 1.64. The van der Waals surface area contributed by atoms with Gasteiger partial charge in [0.1, 0.15) is 28.6 Å². The number of fused-ring (bicyclic) bond motifs is 1. The fourth-order valence-corrected chi connectivity index (χ4v) is 7.48. The third-order valence-corrected chi connectivity index (χ3v) is 9.90. The smallest absolute Gasteiger partial charge is 0.352 e. The van der Waals surface area contributed by atoms with Crippen molar-refractivity contribution in [3.8, 4) is 0 Å². The number of hydrogen-bond donors (Lipinski definition) is 5. The van der Waals surface area contributed by atoms with E-state index >= 15 is 0 Å². The number of carboxylic acids is 1. The van der Waals surface area contributed by atoms with Gasteiger partial charge in [0.15, 0.2) is 6.04 Å². The number of nitrogens with one attached hydrogen (secondary N) is 3. The number of halogens is 1. The van der Waals surface area contributed by atoms with Crippen LogP contribution < -0.4 is 26.8 Å². The average Bonchev–Trinajstić information content (AvgIpc) is 3.74. The number of urea groups is 1. The zero-order chi connectivity index (χ0) is 34.1. The van der Waals surface area contributed by atoms with Gasteiger partial charge in [0, 0.05) is 29.3 Å². The third-order valence-electron chi connectivity index (χ3n) is 7.21. The van der Waals surface area contributed by atoms with Crippen LogP contribution in [0.25, 0.3) is 0 Å². The van der Waals surface area contributed by atoms with Crippen LogP contribution in [-0.4, -0.2) is 86.9 Å². The van der Waals surface area contributed by atoms with E-state index in [2.05, 4.69) is 36.1 Å². The van der Waals surface area contributed by atoms with Crippen LogP contribution in [0.5, 0.6) is 0 Å². The number of anilines is 3. The Balaban J connectivity index is 1.23. The number of H-pyrrole nitrogens is 1. The first kappa shape index (κ1) is 32.6. The number of nitrogens with zero attached hydrogens (tertiary/aromatic N) is 7. The first-order chi connectivity index (χ1) is 23.0. The number of rotatable bonds is 11. The van der Waals surface area contributed by atoms with Gasteiger partial charge < -0.3 is 25.9 Å². The van der Waals surface area contributed by atoms with E-state index < -0.39 is 46.8 Å². The van der Waals surface area contributed by atoms with Crippen molar-refractivity contribution >= 4 is 76.3 Å². The number of aliphatic carboxylic acids is 1. The number of nitrogens with two attached hydrogens (primary N) is 1. The molecule has 4 aromatic rings. The van der Waals surface area contributed by atoms with Gasteiger partial charge in [0.05, 0.1) is 12.5 Å². The van der Waals surface area contributed by atoms with E-state index in [0.29, 0.717) is 26.3 Å². The lowest BCUT2D eigenvalue weighted by Gasteiger charge is -2.49. The van der Waals surface area contributed by atoms with Crippen LogP contribution in [0.4, 0.5) is 22.1 Å². The molecule has 2 aliphatic rings. The molecule has 21 heteroatoms. The SMILES string of the molecule is Cn1nnnc1SCC1=C(C(=O)O)N2C(=O)C(NC(=O)C(c3ccco3)N(C(N)=O)c3cnc(Nc4ccc(Cl)cc4)[nH]c3=O)[C@@H]2SC1. The predicted octanol–water partition coefficient (Wildman–Crippen LogP) is 1.44. The van der Waals surface area contributed by atoms with Crippen LogP contribution in [0, 0.1) is 0 Å². The standard InChI is InChI=1S/C27H24ClN11O7S2/c1-37-27(34-35-36-37)48-11-12-10-47-23-17(22(42)39(23)18(12)24(43)44)32-21(41)19(16-3-2-8-46-16)38(25(29)45)15-9-30-26(33-20(15)40)31-14-6-4-13(28)5-7-14/h2-9,17,19,23H,10-11H2,1H3,(H2,29,45)(H,32,41)(H,43,44)(H2,30,31,33,40)/t17?,19?,23-/m0/s1. The highest BCUT2D eigenvalue weighted by atomic mass is 35.5. The average molecular weight is 714 g/mol. The quantitative estimate of drug-likeness (QED) is 0.109. The maximum Gasteiger partial charge on any atom is 0.352 e. The van der Waals surface area contributed by atoms with Gasteiger partial charge in [-0.25, -0.2) is 19.3 Å². The van der Waals surface area contributed by atoms with E-state index in [1.807, 2.05) is 0 Å². The van der Waals surface area contributed by atoms with Gasteiger partial charge in [-0.1, -0.05) is 23.4 Å². The molecule has 1 saturated heterocycles. The number of hydrogen-bond acceptors (Lipinski definition) is 13. The van der Waals surface area contributed by atoms with Crippen molar-refractivity contribution in [2.24, 2.45) is 12.8 Å². The van der Waals surface area contributed by atoms with Gasteiger partial charge in [-0.3, -0.25) is 29.2 Å². The first-order valence-corrected chi connectivity index (χ1v) is 16.2. The highest BCUT2D eigenvalue weighted by molar-refractivity contribution is 8.01. The van der Waals surface area contributed by atoms with Gasteiger partial charge >= 0.3 is 12.0 Å². The fourth-order valence-electron chi connectivity index (χ4n) is 5.02. The molecule has 1 aromatic carbocycles. The van der Waals surface area contributed by atoms with Crippen LogP contribution in [0.15, 0.2) is 74.5 Å². The van der Waals surface area contributed by atoms with Gasteiger partial charge in [0.2, 0.25) is 11.1 Å². The molecule has 5 heterocycles. The number of furan rings is 1. The molecule has 0 saturated carbocycles. The summed E-state index contributed by atoms with van der Waals surface area (Å²) in [6, 6.07) is 5.43. The summed E-state index contributed by atoms with van der Waals surface area (Å²) in [5.41, 5.74) is 5.34. The van der Waals surface area contributed by atoms with Crippen LogP contribution >= 0.6 is 35.1 Å². The summed E-state index contributed by atoms with van der Waals surface area (Å²) in [6.45, 7) is 0. The molecule has 0 aliphatic carbocycles. The molecule has 3 aromatic heterocycles. The summed E-state index contributed by atoms with van der Waals surface area (Å²) in [6.07, 6.45) is 2.31. The predicted molar refractivity (Wildman–Crippen MR) is 172 cm³/mol. The summed E-state index contributed by atoms with van der Waals surface area (Å²) < 4.78 is 6.88. The maximum absolute atomic E-state index is 13.9. The number of benzene rings is 1. The number of carbonyl (C=O) groups excluding carboxylic acids is 3. The Kier molecular flexibility index (Phi) is 9.11. The number of β-lactam (4-membered cyclic amide) rings is 1. The summed E-state index contributed by atoms with van der Waals surface area (Å²) >= 11 is 8.39. The molecule has 6 N–H and O–H groups in total. The Labute approximate surface area is 283 Å². The molecule has 0 bridgehead atoms. The highest BCUT2D eigenvalue weighted by Crippen LogP contribution is 2.42. The minimum atomic E-state index is -1.65. The summed E-state index contributed by atoms with van der Waals surface area (Å²) in [4.78, 5) is 74.1. The molecule has 1 fully saturated rings. The van der Waals surface area contributed by atoms with E-state index in [1.54, 1.807) is 31.3 Å². The monoisotopic (exact) mass is 713 g/mol. The number of tetrazole rings is 1.